The fourth-order valence-corrected chi connectivity index (χ4v) is 3.42. The molecule has 0 atom stereocenters. The van der Waals surface area contributed by atoms with E-state index in [0.717, 1.165) is 5.56 Å². The molecule has 1 aliphatic heterocycles. The van der Waals surface area contributed by atoms with Gasteiger partial charge in [0.25, 0.3) is 5.91 Å². The van der Waals surface area contributed by atoms with E-state index < -0.39 is 0 Å². The van der Waals surface area contributed by atoms with Crippen LogP contribution in [0.2, 0.25) is 5.02 Å². The Morgan fingerprint density at radius 3 is 2.81 bits per heavy atom. The predicted molar refractivity (Wildman–Crippen MR) is 120 cm³/mol. The maximum atomic E-state index is 12.6. The summed E-state index contributed by atoms with van der Waals surface area (Å²) in [4.78, 5) is 30.4. The third kappa shape index (κ3) is 5.52. The van der Waals surface area contributed by atoms with Crippen LogP contribution in [0.1, 0.15) is 15.9 Å². The standard InChI is InChI=1S/C23H21ClN4O3/c24-18-5-1-3-16(11-18)15-31-20-6-2-4-17(12-20)23(30)27-19-7-8-21(26-13-19)28-10-9-25-22(29)14-28/h1-8,11-13H,9-10,14-15H2,(H,25,29)(H,27,30). The van der Waals surface area contributed by atoms with Gasteiger partial charge in [-0.3, -0.25) is 9.59 Å². The lowest BCUT2D eigenvalue weighted by molar-refractivity contribution is -0.120. The molecule has 3 aromatic rings. The Balaban J connectivity index is 1.37. The summed E-state index contributed by atoms with van der Waals surface area (Å²) in [6, 6.07) is 18.0. The van der Waals surface area contributed by atoms with Crippen molar-refractivity contribution in [3.8, 4) is 5.75 Å². The minimum absolute atomic E-state index is 0.0251. The molecule has 158 valence electrons. The van der Waals surface area contributed by atoms with Crippen molar-refractivity contribution in [2.75, 3.05) is 29.9 Å². The molecule has 0 bridgehead atoms. The third-order valence-electron chi connectivity index (χ3n) is 4.76. The first kappa shape index (κ1) is 20.7. The molecule has 2 amide bonds. The predicted octanol–water partition coefficient (Wildman–Crippen LogP) is 3.50. The van der Waals surface area contributed by atoms with Gasteiger partial charge in [-0.2, -0.15) is 0 Å². The summed E-state index contributed by atoms with van der Waals surface area (Å²) in [5, 5.41) is 6.26. The molecule has 4 rings (SSSR count). The Morgan fingerprint density at radius 1 is 1.16 bits per heavy atom. The molecular weight excluding hydrogens is 416 g/mol. The number of benzene rings is 2. The number of hydrogen-bond donors (Lipinski definition) is 2. The number of halogens is 1. The van der Waals surface area contributed by atoms with Gasteiger partial charge < -0.3 is 20.3 Å². The summed E-state index contributed by atoms with van der Waals surface area (Å²) in [6.07, 6.45) is 1.58. The minimum Gasteiger partial charge on any atom is -0.489 e. The fraction of sp³-hybridized carbons (Fsp3) is 0.174. The molecule has 1 aliphatic rings. The number of nitrogens with one attached hydrogen (secondary N) is 2. The second-order valence-corrected chi connectivity index (χ2v) is 7.51. The molecule has 0 unspecified atom stereocenters. The quantitative estimate of drug-likeness (QED) is 0.618. The highest BCUT2D eigenvalue weighted by atomic mass is 35.5. The summed E-state index contributed by atoms with van der Waals surface area (Å²) >= 11 is 6.00. The first-order chi connectivity index (χ1) is 15.1. The molecule has 1 fully saturated rings. The van der Waals surface area contributed by atoms with Crippen LogP contribution in [0.4, 0.5) is 11.5 Å². The SMILES string of the molecule is O=C1CN(c2ccc(NC(=O)c3cccc(OCc4cccc(Cl)c4)c3)cn2)CCN1. The fourth-order valence-electron chi connectivity index (χ4n) is 3.20. The Labute approximate surface area is 185 Å². The van der Waals surface area contributed by atoms with Crippen molar-refractivity contribution in [2.45, 2.75) is 6.61 Å². The van der Waals surface area contributed by atoms with E-state index in [-0.39, 0.29) is 18.4 Å². The number of carbonyl (C=O) groups excluding carboxylic acids is 2. The van der Waals surface area contributed by atoms with Crippen LogP contribution >= 0.6 is 11.6 Å². The van der Waals surface area contributed by atoms with Gasteiger partial charge >= 0.3 is 0 Å². The van der Waals surface area contributed by atoms with E-state index in [1.165, 1.54) is 0 Å². The van der Waals surface area contributed by atoms with Gasteiger partial charge in [-0.25, -0.2) is 4.98 Å². The topological polar surface area (TPSA) is 83.6 Å². The molecule has 1 aromatic heterocycles. The van der Waals surface area contributed by atoms with Gasteiger partial charge in [0.15, 0.2) is 0 Å². The lowest BCUT2D eigenvalue weighted by Gasteiger charge is -2.27. The van der Waals surface area contributed by atoms with Crippen LogP contribution in [0.15, 0.2) is 66.9 Å². The smallest absolute Gasteiger partial charge is 0.255 e. The van der Waals surface area contributed by atoms with E-state index in [2.05, 4.69) is 15.6 Å². The summed E-state index contributed by atoms with van der Waals surface area (Å²) in [7, 11) is 0. The second kappa shape index (κ2) is 9.49. The van der Waals surface area contributed by atoms with E-state index in [0.29, 0.717) is 47.5 Å². The lowest BCUT2D eigenvalue weighted by Crippen LogP contribution is -2.48. The number of amides is 2. The van der Waals surface area contributed by atoms with Crippen LogP contribution in [0.25, 0.3) is 0 Å². The van der Waals surface area contributed by atoms with Crippen molar-refractivity contribution in [3.63, 3.8) is 0 Å². The van der Waals surface area contributed by atoms with Gasteiger partial charge in [0.05, 0.1) is 18.4 Å². The third-order valence-corrected chi connectivity index (χ3v) is 4.99. The summed E-state index contributed by atoms with van der Waals surface area (Å²) < 4.78 is 5.79. The molecule has 0 saturated carbocycles. The molecule has 2 N–H and O–H groups in total. The number of hydrogen-bond acceptors (Lipinski definition) is 5. The maximum Gasteiger partial charge on any atom is 0.255 e. The van der Waals surface area contributed by atoms with Crippen molar-refractivity contribution >= 4 is 34.9 Å². The Kier molecular flexibility index (Phi) is 6.33. The van der Waals surface area contributed by atoms with Gasteiger partial charge in [-0.1, -0.05) is 29.8 Å². The van der Waals surface area contributed by atoms with E-state index in [9.17, 15) is 9.59 Å². The zero-order valence-corrected chi connectivity index (χ0v) is 17.4. The van der Waals surface area contributed by atoms with E-state index in [1.54, 1.807) is 48.7 Å². The number of carbonyl (C=O) groups is 2. The van der Waals surface area contributed by atoms with Gasteiger partial charge in [-0.05, 0) is 48.0 Å². The maximum absolute atomic E-state index is 12.6. The number of piperazine rings is 1. The summed E-state index contributed by atoms with van der Waals surface area (Å²) in [5.74, 6) is 0.997. The summed E-state index contributed by atoms with van der Waals surface area (Å²) in [5.41, 5.74) is 1.99. The van der Waals surface area contributed by atoms with Crippen LogP contribution in [0, 0.1) is 0 Å². The number of ether oxygens (including phenoxy) is 1. The molecule has 8 heteroatoms. The largest absolute Gasteiger partial charge is 0.489 e. The highest BCUT2D eigenvalue weighted by molar-refractivity contribution is 6.30. The van der Waals surface area contributed by atoms with E-state index >= 15 is 0 Å². The average molecular weight is 437 g/mol. The van der Waals surface area contributed by atoms with Crippen LogP contribution in [0.5, 0.6) is 5.75 Å². The number of nitrogens with zero attached hydrogens (tertiary/aromatic N) is 2. The minimum atomic E-state index is -0.264. The molecule has 0 spiro atoms. The Bertz CT molecular complexity index is 1090. The van der Waals surface area contributed by atoms with Crippen LogP contribution in [-0.4, -0.2) is 36.4 Å². The van der Waals surface area contributed by atoms with Crippen LogP contribution in [0.3, 0.4) is 0 Å². The van der Waals surface area contributed by atoms with Crippen molar-refractivity contribution in [1.29, 1.82) is 0 Å². The molecule has 31 heavy (non-hydrogen) atoms. The van der Waals surface area contributed by atoms with Gasteiger partial charge in [-0.15, -0.1) is 0 Å². The number of rotatable bonds is 6. The highest BCUT2D eigenvalue weighted by Crippen LogP contribution is 2.19. The zero-order valence-electron chi connectivity index (χ0n) is 16.7. The van der Waals surface area contributed by atoms with Crippen molar-refractivity contribution in [2.24, 2.45) is 0 Å². The van der Waals surface area contributed by atoms with Crippen molar-refractivity contribution in [1.82, 2.24) is 10.3 Å². The molecule has 7 nitrogen and oxygen atoms in total. The highest BCUT2D eigenvalue weighted by Gasteiger charge is 2.17. The molecular formula is C23H21ClN4O3. The van der Waals surface area contributed by atoms with Crippen molar-refractivity contribution in [3.05, 3.63) is 83.0 Å². The summed E-state index contributed by atoms with van der Waals surface area (Å²) in [6.45, 7) is 1.92. The Morgan fingerprint density at radius 2 is 2.03 bits per heavy atom. The normalized spacial score (nSPS) is 13.5. The molecule has 2 aromatic carbocycles. The van der Waals surface area contributed by atoms with Gasteiger partial charge in [0.1, 0.15) is 18.2 Å². The van der Waals surface area contributed by atoms with E-state index in [4.69, 9.17) is 16.3 Å². The molecule has 0 radical (unpaired) electrons. The molecule has 1 saturated heterocycles. The van der Waals surface area contributed by atoms with Crippen molar-refractivity contribution < 1.29 is 14.3 Å². The lowest BCUT2D eigenvalue weighted by atomic mass is 10.2. The first-order valence-corrected chi connectivity index (χ1v) is 10.2. The molecule has 2 heterocycles. The zero-order chi connectivity index (χ0) is 21.6. The van der Waals surface area contributed by atoms with Crippen LogP contribution in [-0.2, 0) is 11.4 Å². The van der Waals surface area contributed by atoms with Gasteiger partial charge in [0.2, 0.25) is 5.91 Å². The van der Waals surface area contributed by atoms with E-state index in [1.807, 2.05) is 23.1 Å². The number of pyridine rings is 1. The Hall–Kier alpha value is -3.58. The molecule has 0 aliphatic carbocycles. The average Bonchev–Trinajstić information content (AvgIpc) is 2.78. The number of aromatic nitrogens is 1. The first-order valence-electron chi connectivity index (χ1n) is 9.83. The van der Waals surface area contributed by atoms with Crippen LogP contribution < -0.4 is 20.3 Å². The number of anilines is 2. The van der Waals surface area contributed by atoms with Gasteiger partial charge in [0, 0.05) is 23.7 Å². The second-order valence-electron chi connectivity index (χ2n) is 7.08. The monoisotopic (exact) mass is 436 g/mol.